The molecule has 2 aromatic rings. The molecule has 1 N–H and O–H groups in total. The number of aromatic nitrogens is 2. The van der Waals surface area contributed by atoms with E-state index in [-0.39, 0.29) is 11.9 Å². The number of imidazole rings is 1. The van der Waals surface area contributed by atoms with Crippen molar-refractivity contribution in [3.8, 4) is 0 Å². The highest BCUT2D eigenvalue weighted by molar-refractivity contribution is 6.31. The number of rotatable bonds is 4. The number of halogens is 2. The lowest BCUT2D eigenvalue weighted by atomic mass is 10.2. The standard InChI is InChI=1S/C14H15Cl2N3O/c15-6-5-13-18-11-3-1-9(16)7-12(11)19(13)8-10-2-4-14(20)17-10/h1,3,7,10H,2,4-6,8H2,(H,17,20). The molecule has 4 nitrogen and oxygen atoms in total. The smallest absolute Gasteiger partial charge is 0.220 e. The normalized spacial score (nSPS) is 18.7. The molecule has 0 aliphatic carbocycles. The lowest BCUT2D eigenvalue weighted by molar-refractivity contribution is -0.119. The van der Waals surface area contributed by atoms with E-state index in [1.54, 1.807) is 0 Å². The predicted molar refractivity (Wildman–Crippen MR) is 80.3 cm³/mol. The van der Waals surface area contributed by atoms with Gasteiger partial charge in [0, 0.05) is 36.3 Å². The summed E-state index contributed by atoms with van der Waals surface area (Å²) in [5, 5.41) is 3.67. The van der Waals surface area contributed by atoms with Gasteiger partial charge in [-0.2, -0.15) is 0 Å². The number of benzene rings is 1. The highest BCUT2D eigenvalue weighted by Crippen LogP contribution is 2.23. The molecule has 20 heavy (non-hydrogen) atoms. The first kappa shape index (κ1) is 13.7. The Labute approximate surface area is 127 Å². The van der Waals surface area contributed by atoms with Crippen LogP contribution in [0.4, 0.5) is 0 Å². The van der Waals surface area contributed by atoms with Gasteiger partial charge in [0.05, 0.1) is 11.0 Å². The van der Waals surface area contributed by atoms with Crippen LogP contribution in [0.1, 0.15) is 18.7 Å². The monoisotopic (exact) mass is 311 g/mol. The first-order valence-electron chi connectivity index (χ1n) is 6.67. The van der Waals surface area contributed by atoms with Crippen molar-refractivity contribution < 1.29 is 4.79 Å². The van der Waals surface area contributed by atoms with E-state index in [0.29, 0.717) is 23.7 Å². The van der Waals surface area contributed by atoms with Gasteiger partial charge in [0.2, 0.25) is 5.91 Å². The molecule has 1 fully saturated rings. The number of nitrogens with zero attached hydrogens (tertiary/aromatic N) is 2. The minimum atomic E-state index is 0.122. The number of hydrogen-bond donors (Lipinski definition) is 1. The molecule has 1 amide bonds. The lowest BCUT2D eigenvalue weighted by Crippen LogP contribution is -2.30. The minimum absolute atomic E-state index is 0.122. The van der Waals surface area contributed by atoms with Gasteiger partial charge in [-0.05, 0) is 24.6 Å². The molecule has 0 bridgehead atoms. The van der Waals surface area contributed by atoms with Crippen molar-refractivity contribution in [3.05, 3.63) is 29.0 Å². The molecule has 0 spiro atoms. The van der Waals surface area contributed by atoms with Crippen molar-refractivity contribution in [1.82, 2.24) is 14.9 Å². The average molecular weight is 312 g/mol. The number of aryl methyl sites for hydroxylation is 1. The van der Waals surface area contributed by atoms with Crippen LogP contribution in [0.3, 0.4) is 0 Å². The van der Waals surface area contributed by atoms with E-state index < -0.39 is 0 Å². The molecule has 2 heterocycles. The fraction of sp³-hybridized carbons (Fsp3) is 0.429. The first-order chi connectivity index (χ1) is 9.67. The third-order valence-electron chi connectivity index (χ3n) is 3.60. The van der Waals surface area contributed by atoms with E-state index in [2.05, 4.69) is 14.9 Å². The number of alkyl halides is 1. The number of hydrogen-bond acceptors (Lipinski definition) is 2. The Balaban J connectivity index is 1.99. The van der Waals surface area contributed by atoms with Crippen molar-refractivity contribution in [2.45, 2.75) is 31.8 Å². The van der Waals surface area contributed by atoms with Crippen molar-refractivity contribution >= 4 is 40.1 Å². The third kappa shape index (κ3) is 2.63. The Kier molecular flexibility index (Phi) is 3.85. The fourth-order valence-electron chi connectivity index (χ4n) is 2.66. The maximum atomic E-state index is 11.3. The summed E-state index contributed by atoms with van der Waals surface area (Å²) in [5.74, 6) is 1.59. The maximum Gasteiger partial charge on any atom is 0.220 e. The molecule has 1 unspecified atom stereocenters. The Bertz CT molecular complexity index is 653. The Morgan fingerprint density at radius 2 is 2.30 bits per heavy atom. The van der Waals surface area contributed by atoms with Gasteiger partial charge in [0.15, 0.2) is 0 Å². The molecule has 0 radical (unpaired) electrons. The summed E-state index contributed by atoms with van der Waals surface area (Å²) in [6.07, 6.45) is 2.16. The number of carbonyl (C=O) groups excluding carboxylic acids is 1. The SMILES string of the molecule is O=C1CCC(Cn2c(CCCl)nc3ccc(Cl)cc32)N1. The summed E-state index contributed by atoms with van der Waals surface area (Å²) in [4.78, 5) is 15.9. The Hall–Kier alpha value is -1.26. The summed E-state index contributed by atoms with van der Waals surface area (Å²) >= 11 is 11.9. The molecule has 106 valence electrons. The molecule has 1 aromatic heterocycles. The largest absolute Gasteiger partial charge is 0.352 e. The quantitative estimate of drug-likeness (QED) is 0.883. The van der Waals surface area contributed by atoms with Gasteiger partial charge in [-0.1, -0.05) is 11.6 Å². The van der Waals surface area contributed by atoms with Gasteiger partial charge in [-0.15, -0.1) is 11.6 Å². The predicted octanol–water partition coefficient (Wildman–Crippen LogP) is 2.75. The molecule has 1 saturated heterocycles. The second kappa shape index (κ2) is 5.62. The summed E-state index contributed by atoms with van der Waals surface area (Å²) in [6.45, 7) is 0.717. The Morgan fingerprint density at radius 1 is 1.45 bits per heavy atom. The van der Waals surface area contributed by atoms with Crippen LogP contribution in [-0.4, -0.2) is 27.4 Å². The molecular weight excluding hydrogens is 297 g/mol. The van der Waals surface area contributed by atoms with Gasteiger partial charge < -0.3 is 9.88 Å². The molecule has 1 atom stereocenters. The summed E-state index contributed by atoms with van der Waals surface area (Å²) in [6, 6.07) is 5.83. The number of amides is 1. The van der Waals surface area contributed by atoms with Crippen molar-refractivity contribution in [2.75, 3.05) is 5.88 Å². The molecule has 3 rings (SSSR count). The van der Waals surface area contributed by atoms with E-state index in [1.165, 1.54) is 0 Å². The second-order valence-corrected chi connectivity index (χ2v) is 5.83. The topological polar surface area (TPSA) is 46.9 Å². The number of carbonyl (C=O) groups is 1. The van der Waals surface area contributed by atoms with Crippen LogP contribution < -0.4 is 5.32 Å². The van der Waals surface area contributed by atoms with Gasteiger partial charge >= 0.3 is 0 Å². The van der Waals surface area contributed by atoms with E-state index in [1.807, 2.05) is 18.2 Å². The van der Waals surface area contributed by atoms with Crippen LogP contribution in [0.15, 0.2) is 18.2 Å². The third-order valence-corrected chi connectivity index (χ3v) is 4.02. The summed E-state index contributed by atoms with van der Waals surface area (Å²) < 4.78 is 2.12. The number of nitrogens with one attached hydrogen (secondary N) is 1. The maximum absolute atomic E-state index is 11.3. The molecular formula is C14H15Cl2N3O. The van der Waals surface area contributed by atoms with E-state index >= 15 is 0 Å². The molecule has 1 aliphatic heterocycles. The second-order valence-electron chi connectivity index (χ2n) is 5.01. The number of fused-ring (bicyclic) bond motifs is 1. The first-order valence-corrected chi connectivity index (χ1v) is 7.58. The zero-order valence-corrected chi connectivity index (χ0v) is 12.4. The van der Waals surface area contributed by atoms with Crippen molar-refractivity contribution in [3.63, 3.8) is 0 Å². The highest BCUT2D eigenvalue weighted by atomic mass is 35.5. The van der Waals surface area contributed by atoms with Crippen molar-refractivity contribution in [1.29, 1.82) is 0 Å². The van der Waals surface area contributed by atoms with Gasteiger partial charge in [-0.3, -0.25) is 4.79 Å². The lowest BCUT2D eigenvalue weighted by Gasteiger charge is -2.14. The van der Waals surface area contributed by atoms with Crippen LogP contribution in [-0.2, 0) is 17.8 Å². The Morgan fingerprint density at radius 3 is 3.00 bits per heavy atom. The van der Waals surface area contributed by atoms with Crippen LogP contribution >= 0.6 is 23.2 Å². The highest BCUT2D eigenvalue weighted by Gasteiger charge is 2.23. The van der Waals surface area contributed by atoms with Gasteiger partial charge in [-0.25, -0.2) is 4.98 Å². The van der Waals surface area contributed by atoms with Crippen LogP contribution in [0.25, 0.3) is 11.0 Å². The van der Waals surface area contributed by atoms with E-state index in [4.69, 9.17) is 23.2 Å². The fourth-order valence-corrected chi connectivity index (χ4v) is 2.99. The molecule has 1 aliphatic rings. The molecule has 6 heteroatoms. The summed E-state index contributed by atoms with van der Waals surface area (Å²) in [5.41, 5.74) is 1.91. The van der Waals surface area contributed by atoms with E-state index in [9.17, 15) is 4.79 Å². The zero-order chi connectivity index (χ0) is 14.1. The molecule has 0 saturated carbocycles. The van der Waals surface area contributed by atoms with Gasteiger partial charge in [0.1, 0.15) is 5.82 Å². The van der Waals surface area contributed by atoms with Crippen LogP contribution in [0.5, 0.6) is 0 Å². The van der Waals surface area contributed by atoms with Gasteiger partial charge in [0.25, 0.3) is 0 Å². The van der Waals surface area contributed by atoms with E-state index in [0.717, 1.165) is 29.8 Å². The minimum Gasteiger partial charge on any atom is -0.352 e. The van der Waals surface area contributed by atoms with Crippen LogP contribution in [0, 0.1) is 0 Å². The molecule has 1 aromatic carbocycles. The van der Waals surface area contributed by atoms with Crippen LogP contribution in [0.2, 0.25) is 5.02 Å². The summed E-state index contributed by atoms with van der Waals surface area (Å²) in [7, 11) is 0. The van der Waals surface area contributed by atoms with Crippen molar-refractivity contribution in [2.24, 2.45) is 0 Å². The average Bonchev–Trinajstić information content (AvgIpc) is 2.96. The zero-order valence-electron chi connectivity index (χ0n) is 10.9.